The van der Waals surface area contributed by atoms with E-state index in [9.17, 15) is 27.6 Å². The smallest absolute Gasteiger partial charge is 0.240 e. The Morgan fingerprint density at radius 3 is 2.17 bits per heavy atom. The molecule has 2 amide bonds. The van der Waals surface area contributed by atoms with Crippen LogP contribution >= 0.6 is 0 Å². The van der Waals surface area contributed by atoms with Gasteiger partial charge in [0.2, 0.25) is 21.8 Å². The number of rotatable bonds is 17. The highest BCUT2D eigenvalue weighted by Crippen LogP contribution is 2.64. The van der Waals surface area contributed by atoms with Crippen LogP contribution in [0.2, 0.25) is 0 Å². The van der Waals surface area contributed by atoms with Crippen molar-refractivity contribution in [2.75, 3.05) is 32.4 Å². The highest BCUT2D eigenvalue weighted by molar-refractivity contribution is 7.89. The second-order valence-corrected chi connectivity index (χ2v) is 13.3. The predicted molar refractivity (Wildman–Crippen MR) is 155 cm³/mol. The molecule has 16 heteroatoms. The number of fused-ring (bicyclic) bond motifs is 2. The van der Waals surface area contributed by atoms with Crippen molar-refractivity contribution < 1.29 is 27.6 Å². The lowest BCUT2D eigenvalue weighted by Crippen LogP contribution is -2.53. The first-order chi connectivity index (χ1) is 19.0. The summed E-state index contributed by atoms with van der Waals surface area (Å²) in [6.45, 7) is 3.90. The van der Waals surface area contributed by atoms with Crippen molar-refractivity contribution in [3.63, 3.8) is 0 Å². The zero-order chi connectivity index (χ0) is 31.0. The third-order valence-electron chi connectivity index (χ3n) is 8.38. The fourth-order valence-corrected chi connectivity index (χ4v) is 7.99. The van der Waals surface area contributed by atoms with Crippen LogP contribution in [0.3, 0.4) is 0 Å². The van der Waals surface area contributed by atoms with Crippen LogP contribution in [0, 0.1) is 16.7 Å². The molecule has 232 valence electrons. The van der Waals surface area contributed by atoms with E-state index >= 15 is 0 Å². The van der Waals surface area contributed by atoms with E-state index in [4.69, 9.17) is 22.9 Å². The van der Waals surface area contributed by atoms with Gasteiger partial charge in [0.05, 0.1) is 18.3 Å². The second kappa shape index (κ2) is 14.1. The van der Waals surface area contributed by atoms with Gasteiger partial charge >= 0.3 is 0 Å². The summed E-state index contributed by atoms with van der Waals surface area (Å²) < 4.78 is 29.3. The average Bonchev–Trinajstić information content (AvgIpc) is 3.20. The van der Waals surface area contributed by atoms with Gasteiger partial charge in [-0.25, -0.2) is 13.1 Å². The summed E-state index contributed by atoms with van der Waals surface area (Å²) in [5.41, 5.74) is 19.8. The predicted octanol–water partition coefficient (Wildman–Crippen LogP) is -2.08. The van der Waals surface area contributed by atoms with E-state index in [1.165, 1.54) is 7.05 Å². The number of carbonyl (C=O) groups excluding carboxylic acids is 4. The molecule has 2 saturated carbocycles. The molecular weight excluding hydrogens is 554 g/mol. The van der Waals surface area contributed by atoms with Gasteiger partial charge in [-0.3, -0.25) is 24.4 Å². The zero-order valence-electron chi connectivity index (χ0n) is 24.1. The molecule has 4 unspecified atom stereocenters. The van der Waals surface area contributed by atoms with Crippen molar-refractivity contribution >= 4 is 45.8 Å². The number of aldehydes is 1. The summed E-state index contributed by atoms with van der Waals surface area (Å²) >= 11 is 0. The molecule has 2 aliphatic carbocycles. The third-order valence-corrected chi connectivity index (χ3v) is 9.89. The number of ketones is 1. The van der Waals surface area contributed by atoms with Crippen LogP contribution in [0.5, 0.6) is 0 Å². The topological polar surface area (TPSA) is 259 Å². The summed E-state index contributed by atoms with van der Waals surface area (Å²) in [6.07, 6.45) is 3.26. The van der Waals surface area contributed by atoms with E-state index < -0.39 is 57.0 Å². The first-order valence-electron chi connectivity index (χ1n) is 13.7. The Hall–Kier alpha value is -3.27. The fourth-order valence-electron chi connectivity index (χ4n) is 5.93. The number of nitrogens with one attached hydrogen (secondary N) is 2. The van der Waals surface area contributed by atoms with Crippen molar-refractivity contribution in [1.82, 2.24) is 14.9 Å². The van der Waals surface area contributed by atoms with Gasteiger partial charge in [-0.15, -0.1) is 0 Å². The summed E-state index contributed by atoms with van der Waals surface area (Å²) in [4.78, 5) is 59.0. The molecule has 0 heterocycles. The Morgan fingerprint density at radius 1 is 1.10 bits per heavy atom. The standard InChI is InChI=1S/C25H45N9O6S/c1-24(2)16-8-9-25(24,19(36)12-16)15-41(39,40)33-18(7-5-11-31-23(28)29)21(38)34(3)13-20(37)32-17(14-35)6-4-10-30-22(26)27/h14,16-18,33H,4-13,15H2,1-3H3,(H,32,37)(H4,26,27,30)(H4,28,29,31). The van der Waals surface area contributed by atoms with Gasteiger partial charge in [0.1, 0.15) is 18.1 Å². The minimum Gasteiger partial charge on any atom is -0.370 e. The maximum absolute atomic E-state index is 13.4. The number of hydrogen-bond donors (Lipinski definition) is 6. The lowest BCUT2D eigenvalue weighted by atomic mass is 9.70. The average molecular weight is 600 g/mol. The molecule has 0 saturated heterocycles. The Labute approximate surface area is 241 Å². The van der Waals surface area contributed by atoms with E-state index in [1.807, 2.05) is 13.8 Å². The SMILES string of the molecule is CN(CC(=O)NC(C=O)CCCN=C(N)N)C(=O)C(CCCN=C(N)N)NS(=O)(=O)CC12CCC(CC1=O)C2(C)C. The number of likely N-dealkylation sites (N-methyl/N-ethyl adjacent to an activating group) is 1. The molecule has 2 aliphatic rings. The minimum absolute atomic E-state index is 0.0511. The van der Waals surface area contributed by atoms with E-state index in [-0.39, 0.29) is 56.0 Å². The molecule has 0 aliphatic heterocycles. The Morgan fingerprint density at radius 2 is 1.68 bits per heavy atom. The van der Waals surface area contributed by atoms with E-state index in [0.29, 0.717) is 25.5 Å². The maximum Gasteiger partial charge on any atom is 0.240 e. The molecule has 4 atom stereocenters. The molecule has 15 nitrogen and oxygen atoms in total. The number of amides is 2. The quantitative estimate of drug-likeness (QED) is 0.0460. The van der Waals surface area contributed by atoms with Crippen molar-refractivity contribution in [3.05, 3.63) is 0 Å². The molecule has 2 bridgehead atoms. The maximum atomic E-state index is 13.4. The molecule has 2 fully saturated rings. The van der Waals surface area contributed by atoms with Crippen molar-refractivity contribution in [2.45, 2.75) is 70.9 Å². The largest absolute Gasteiger partial charge is 0.370 e. The number of guanidine groups is 2. The summed E-state index contributed by atoms with van der Waals surface area (Å²) in [5, 5.41) is 2.54. The van der Waals surface area contributed by atoms with Crippen molar-refractivity contribution in [2.24, 2.45) is 49.7 Å². The molecule has 0 aromatic rings. The lowest BCUT2D eigenvalue weighted by Gasteiger charge is -2.36. The third kappa shape index (κ3) is 8.86. The minimum atomic E-state index is -4.09. The van der Waals surface area contributed by atoms with Gasteiger partial charge in [0, 0.05) is 32.0 Å². The Bertz CT molecular complexity index is 1150. The molecule has 41 heavy (non-hydrogen) atoms. The van der Waals surface area contributed by atoms with Crippen molar-refractivity contribution in [1.29, 1.82) is 0 Å². The molecule has 0 spiro atoms. The molecule has 0 aromatic carbocycles. The number of carbonyl (C=O) groups is 4. The van der Waals surface area contributed by atoms with E-state index in [0.717, 1.165) is 11.3 Å². The first-order valence-corrected chi connectivity index (χ1v) is 15.3. The Kier molecular flexibility index (Phi) is 11.6. The normalized spacial score (nSPS) is 22.4. The first kappa shape index (κ1) is 33.9. The second-order valence-electron chi connectivity index (χ2n) is 11.5. The van der Waals surface area contributed by atoms with Crippen LogP contribution in [0.4, 0.5) is 0 Å². The summed E-state index contributed by atoms with van der Waals surface area (Å²) in [6, 6.07) is -2.03. The number of nitrogens with zero attached hydrogens (tertiary/aromatic N) is 3. The summed E-state index contributed by atoms with van der Waals surface area (Å²) in [7, 11) is -2.73. The van der Waals surface area contributed by atoms with Crippen LogP contribution < -0.4 is 33.0 Å². The van der Waals surface area contributed by atoms with Gasteiger partial charge in [-0.1, -0.05) is 13.8 Å². The van der Waals surface area contributed by atoms with E-state index in [2.05, 4.69) is 20.0 Å². The molecule has 2 rings (SSSR count). The monoisotopic (exact) mass is 599 g/mol. The summed E-state index contributed by atoms with van der Waals surface area (Å²) in [5.74, 6) is -1.80. The van der Waals surface area contributed by atoms with Crippen LogP contribution in [0.25, 0.3) is 0 Å². The molecular formula is C25H45N9O6S. The Balaban J connectivity index is 2.09. The fraction of sp³-hybridized carbons (Fsp3) is 0.760. The van der Waals surface area contributed by atoms with Gasteiger partial charge < -0.3 is 37.9 Å². The zero-order valence-corrected chi connectivity index (χ0v) is 24.9. The molecule has 0 radical (unpaired) electrons. The van der Waals surface area contributed by atoms with Gasteiger partial charge in [-0.05, 0) is 49.9 Å². The highest BCUT2D eigenvalue weighted by atomic mass is 32.2. The number of Topliss-reactive ketones (excluding diaryl/α,β-unsaturated/α-hetero) is 1. The number of aliphatic imine (C=N–C) groups is 2. The van der Waals surface area contributed by atoms with Crippen LogP contribution in [0.1, 0.15) is 58.8 Å². The van der Waals surface area contributed by atoms with E-state index in [1.54, 1.807) is 0 Å². The highest BCUT2D eigenvalue weighted by Gasteiger charge is 2.65. The lowest BCUT2D eigenvalue weighted by molar-refractivity contribution is -0.136. The van der Waals surface area contributed by atoms with Crippen molar-refractivity contribution in [3.8, 4) is 0 Å². The number of nitrogens with two attached hydrogens (primary N) is 4. The molecule has 10 N–H and O–H groups in total. The van der Waals surface area contributed by atoms with Crippen LogP contribution in [-0.4, -0.2) is 93.6 Å². The van der Waals surface area contributed by atoms with Gasteiger partial charge in [-0.2, -0.15) is 0 Å². The molecule has 0 aromatic heterocycles. The number of sulfonamides is 1. The van der Waals surface area contributed by atoms with Crippen LogP contribution in [-0.2, 0) is 29.2 Å². The van der Waals surface area contributed by atoms with Gasteiger partial charge in [0.15, 0.2) is 11.9 Å². The van der Waals surface area contributed by atoms with Crippen LogP contribution in [0.15, 0.2) is 9.98 Å². The number of hydrogen-bond acceptors (Lipinski definition) is 8. The van der Waals surface area contributed by atoms with Gasteiger partial charge in [0.25, 0.3) is 0 Å².